The minimum Gasteiger partial charge on any atom is -0.390 e. The number of amides is 1. The predicted octanol–water partition coefficient (Wildman–Crippen LogP) is 4.12. The molecule has 1 heterocycles. The zero-order chi connectivity index (χ0) is 18.5. The number of carbonyl (C=O) groups is 1. The van der Waals surface area contributed by atoms with Gasteiger partial charge in [0.05, 0.1) is 23.3 Å². The third-order valence-corrected chi connectivity index (χ3v) is 5.65. The lowest BCUT2D eigenvalue weighted by Gasteiger charge is -2.35. The molecule has 2 aliphatic rings. The molecule has 3 atom stereocenters. The number of ether oxygens (including phenoxy) is 1. The second-order valence-electron chi connectivity index (χ2n) is 6.61. The van der Waals surface area contributed by atoms with Crippen LogP contribution in [0.25, 0.3) is 0 Å². The summed E-state index contributed by atoms with van der Waals surface area (Å²) in [5, 5.41) is 13.5. The minimum absolute atomic E-state index is 0.132. The Morgan fingerprint density at radius 2 is 2.00 bits per heavy atom. The highest BCUT2D eigenvalue weighted by Gasteiger charge is 2.50. The van der Waals surface area contributed by atoms with Crippen LogP contribution in [0.4, 0.5) is 4.39 Å². The number of rotatable bonds is 3. The smallest absolute Gasteiger partial charge is 0.254 e. The summed E-state index contributed by atoms with van der Waals surface area (Å²) >= 11 is 9.22. The third-order valence-electron chi connectivity index (χ3n) is 4.94. The summed E-state index contributed by atoms with van der Waals surface area (Å²) in [4.78, 5) is 12.6. The molecule has 136 valence electrons. The molecule has 0 aromatic heterocycles. The van der Waals surface area contributed by atoms with Crippen LogP contribution in [0.3, 0.4) is 0 Å². The average molecular weight is 441 g/mol. The van der Waals surface area contributed by atoms with E-state index in [4.69, 9.17) is 16.3 Å². The molecule has 2 aromatic rings. The Kier molecular flexibility index (Phi) is 4.55. The summed E-state index contributed by atoms with van der Waals surface area (Å²) in [6.07, 6.45) is 0.912. The molecule has 0 saturated heterocycles. The lowest BCUT2D eigenvalue weighted by molar-refractivity contribution is -0.117. The molecule has 1 amide bonds. The maximum atomic E-state index is 15.0. The minimum atomic E-state index is -1.50. The van der Waals surface area contributed by atoms with E-state index in [0.717, 1.165) is 6.42 Å². The van der Waals surface area contributed by atoms with Gasteiger partial charge in [0, 0.05) is 15.1 Å². The van der Waals surface area contributed by atoms with E-state index in [1.807, 2.05) is 0 Å². The maximum absolute atomic E-state index is 15.0. The van der Waals surface area contributed by atoms with Gasteiger partial charge in [-0.1, -0.05) is 39.7 Å². The Morgan fingerprint density at radius 1 is 1.27 bits per heavy atom. The molecule has 1 saturated carbocycles. The van der Waals surface area contributed by atoms with E-state index < -0.39 is 29.7 Å². The highest BCUT2D eigenvalue weighted by atomic mass is 79.9. The van der Waals surface area contributed by atoms with Crippen molar-refractivity contribution in [3.63, 3.8) is 0 Å². The van der Waals surface area contributed by atoms with Crippen LogP contribution in [-0.4, -0.2) is 23.2 Å². The van der Waals surface area contributed by atoms with Crippen LogP contribution in [0, 0.1) is 5.82 Å². The van der Waals surface area contributed by atoms with Gasteiger partial charge in [-0.25, -0.2) is 4.39 Å². The van der Waals surface area contributed by atoms with Crippen molar-refractivity contribution in [2.24, 2.45) is 0 Å². The van der Waals surface area contributed by atoms with Crippen molar-refractivity contribution in [3.8, 4) is 0 Å². The van der Waals surface area contributed by atoms with Crippen molar-refractivity contribution < 1.29 is 19.0 Å². The molecular weight excluding hydrogens is 425 g/mol. The van der Waals surface area contributed by atoms with Gasteiger partial charge >= 0.3 is 0 Å². The van der Waals surface area contributed by atoms with Crippen LogP contribution < -0.4 is 5.32 Å². The molecule has 2 N–H and O–H groups in total. The van der Waals surface area contributed by atoms with Gasteiger partial charge in [0.25, 0.3) is 5.91 Å². The van der Waals surface area contributed by atoms with Gasteiger partial charge in [0.1, 0.15) is 5.82 Å². The van der Waals surface area contributed by atoms with E-state index >= 15 is 0 Å². The van der Waals surface area contributed by atoms with Gasteiger partial charge in [0.2, 0.25) is 0 Å². The van der Waals surface area contributed by atoms with Gasteiger partial charge in [-0.05, 0) is 43.5 Å². The average Bonchev–Trinajstić information content (AvgIpc) is 3.11. The number of aliphatic hydroxyl groups is 1. The first-order chi connectivity index (χ1) is 12.4. The second kappa shape index (κ2) is 6.60. The van der Waals surface area contributed by atoms with E-state index in [1.54, 1.807) is 30.3 Å². The first kappa shape index (κ1) is 17.9. The SMILES string of the molecule is O=C1NC(OC2CCCC2O)(c2ccc(Cl)cc2)c2c(F)cc(Br)cc21. The fourth-order valence-electron chi connectivity index (χ4n) is 3.73. The monoisotopic (exact) mass is 439 g/mol. The fourth-order valence-corrected chi connectivity index (χ4v) is 4.28. The molecular formula is C19H16BrClFNO3. The molecule has 26 heavy (non-hydrogen) atoms. The lowest BCUT2D eigenvalue weighted by atomic mass is 9.93. The summed E-state index contributed by atoms with van der Waals surface area (Å²) < 4.78 is 21.7. The molecule has 4 rings (SSSR count). The number of halogens is 3. The van der Waals surface area contributed by atoms with Crippen molar-refractivity contribution >= 4 is 33.4 Å². The van der Waals surface area contributed by atoms with Crippen LogP contribution in [0.2, 0.25) is 5.02 Å². The number of nitrogens with one attached hydrogen (secondary N) is 1. The van der Waals surface area contributed by atoms with Gasteiger partial charge in [0.15, 0.2) is 5.72 Å². The number of hydrogen-bond donors (Lipinski definition) is 2. The third kappa shape index (κ3) is 2.85. The zero-order valence-corrected chi connectivity index (χ0v) is 16.0. The van der Waals surface area contributed by atoms with Crippen molar-refractivity contribution in [3.05, 3.63) is 68.4 Å². The molecule has 1 fully saturated rings. The van der Waals surface area contributed by atoms with Crippen molar-refractivity contribution in [1.29, 1.82) is 0 Å². The Bertz CT molecular complexity index is 876. The highest BCUT2D eigenvalue weighted by molar-refractivity contribution is 9.10. The van der Waals surface area contributed by atoms with E-state index in [-0.39, 0.29) is 11.1 Å². The molecule has 0 spiro atoms. The first-order valence-electron chi connectivity index (χ1n) is 8.34. The fraction of sp³-hybridized carbons (Fsp3) is 0.316. The number of benzene rings is 2. The molecule has 0 bridgehead atoms. The Hall–Kier alpha value is -1.47. The molecule has 2 aromatic carbocycles. The Balaban J connectivity index is 1.91. The molecule has 1 aliphatic heterocycles. The van der Waals surface area contributed by atoms with Crippen molar-refractivity contribution in [2.45, 2.75) is 37.2 Å². The summed E-state index contributed by atoms with van der Waals surface area (Å²) in [6, 6.07) is 9.58. The van der Waals surface area contributed by atoms with Gasteiger partial charge in [-0.3, -0.25) is 4.79 Å². The van der Waals surface area contributed by atoms with E-state index in [1.165, 1.54) is 6.07 Å². The van der Waals surface area contributed by atoms with Crippen LogP contribution in [0.5, 0.6) is 0 Å². The lowest BCUT2D eigenvalue weighted by Crippen LogP contribution is -2.47. The standard InChI is InChI=1S/C19H16BrClFNO3/c20-11-8-13-17(14(22)9-11)19(23-18(13)25,10-4-6-12(21)7-5-10)26-16-3-1-2-15(16)24/h4-9,15-16,24H,1-3H2,(H,23,25). The largest absolute Gasteiger partial charge is 0.390 e. The van der Waals surface area contributed by atoms with E-state index in [0.29, 0.717) is 27.9 Å². The second-order valence-corrected chi connectivity index (χ2v) is 7.96. The summed E-state index contributed by atoms with van der Waals surface area (Å²) in [5.74, 6) is -0.988. The number of hydrogen-bond acceptors (Lipinski definition) is 3. The molecule has 7 heteroatoms. The van der Waals surface area contributed by atoms with Gasteiger partial charge in [-0.2, -0.15) is 0 Å². The van der Waals surface area contributed by atoms with E-state index in [9.17, 15) is 14.3 Å². The number of carbonyl (C=O) groups excluding carboxylic acids is 1. The van der Waals surface area contributed by atoms with Crippen molar-refractivity contribution in [2.75, 3.05) is 0 Å². The molecule has 0 radical (unpaired) electrons. The first-order valence-corrected chi connectivity index (χ1v) is 9.52. The molecule has 3 unspecified atom stereocenters. The number of fused-ring (bicyclic) bond motifs is 1. The Morgan fingerprint density at radius 3 is 2.65 bits per heavy atom. The normalized spacial score (nSPS) is 27.5. The predicted molar refractivity (Wildman–Crippen MR) is 98.5 cm³/mol. The Labute approximate surface area is 163 Å². The maximum Gasteiger partial charge on any atom is 0.254 e. The summed E-state index contributed by atoms with van der Waals surface area (Å²) in [7, 11) is 0. The van der Waals surface area contributed by atoms with Crippen LogP contribution in [0.1, 0.15) is 40.7 Å². The number of aliphatic hydroxyl groups excluding tert-OH is 1. The van der Waals surface area contributed by atoms with E-state index in [2.05, 4.69) is 21.2 Å². The van der Waals surface area contributed by atoms with Gasteiger partial charge < -0.3 is 15.2 Å². The summed E-state index contributed by atoms with van der Waals surface area (Å²) in [5.41, 5.74) is -0.613. The van der Waals surface area contributed by atoms with Gasteiger partial charge in [-0.15, -0.1) is 0 Å². The quantitative estimate of drug-likeness (QED) is 0.755. The zero-order valence-electron chi connectivity index (χ0n) is 13.6. The van der Waals surface area contributed by atoms with Crippen LogP contribution in [-0.2, 0) is 10.5 Å². The van der Waals surface area contributed by atoms with Crippen LogP contribution >= 0.6 is 27.5 Å². The highest BCUT2D eigenvalue weighted by Crippen LogP contribution is 2.43. The van der Waals surface area contributed by atoms with Crippen LogP contribution in [0.15, 0.2) is 40.9 Å². The molecule has 4 nitrogen and oxygen atoms in total. The molecule has 1 aliphatic carbocycles. The summed E-state index contributed by atoms with van der Waals surface area (Å²) in [6.45, 7) is 0. The van der Waals surface area contributed by atoms with Crippen molar-refractivity contribution in [1.82, 2.24) is 5.32 Å². The topological polar surface area (TPSA) is 58.6 Å².